The predicted octanol–water partition coefficient (Wildman–Crippen LogP) is 4.88. The van der Waals surface area contributed by atoms with E-state index >= 15 is 0 Å². The van der Waals surface area contributed by atoms with Gasteiger partial charge in [-0.05, 0) is 28.8 Å². The van der Waals surface area contributed by atoms with Gasteiger partial charge in [0.2, 0.25) is 6.79 Å². The minimum atomic E-state index is 0.260. The van der Waals surface area contributed by atoms with E-state index in [-0.39, 0.29) is 6.79 Å². The Bertz CT molecular complexity index is 893. The summed E-state index contributed by atoms with van der Waals surface area (Å²) in [5, 5.41) is 2.43. The molecule has 0 atom stereocenters. The third kappa shape index (κ3) is 2.69. The molecule has 0 bridgehead atoms. The monoisotopic (exact) mass is 318 g/mol. The highest BCUT2D eigenvalue weighted by molar-refractivity contribution is 5.85. The molecule has 0 N–H and O–H groups in total. The van der Waals surface area contributed by atoms with Crippen molar-refractivity contribution in [3.63, 3.8) is 0 Å². The zero-order valence-electron chi connectivity index (χ0n) is 13.3. The molecular weight excluding hydrogens is 300 g/mol. The second-order valence-electron chi connectivity index (χ2n) is 5.73. The lowest BCUT2D eigenvalue weighted by atomic mass is 10.1. The van der Waals surface area contributed by atoms with Gasteiger partial charge in [0.15, 0.2) is 11.5 Å². The van der Waals surface area contributed by atoms with Crippen LogP contribution in [-0.4, -0.2) is 6.79 Å². The van der Waals surface area contributed by atoms with Gasteiger partial charge in [-0.2, -0.15) is 0 Å². The summed E-state index contributed by atoms with van der Waals surface area (Å²) in [5.41, 5.74) is 2.21. The van der Waals surface area contributed by atoms with E-state index in [1.165, 1.54) is 10.8 Å². The number of hydrogen-bond acceptors (Lipinski definition) is 3. The molecule has 0 amide bonds. The van der Waals surface area contributed by atoms with Crippen LogP contribution in [0.15, 0.2) is 67.3 Å². The largest absolute Gasteiger partial charge is 0.488 e. The van der Waals surface area contributed by atoms with Crippen molar-refractivity contribution in [1.82, 2.24) is 0 Å². The average molecular weight is 318 g/mol. The number of benzene rings is 3. The smallest absolute Gasteiger partial charge is 0.231 e. The van der Waals surface area contributed by atoms with Crippen LogP contribution in [0.3, 0.4) is 0 Å². The van der Waals surface area contributed by atoms with Crippen molar-refractivity contribution in [2.45, 2.75) is 13.0 Å². The lowest BCUT2D eigenvalue weighted by Gasteiger charge is -2.13. The summed E-state index contributed by atoms with van der Waals surface area (Å²) in [6, 6.07) is 18.5. The molecule has 3 aromatic carbocycles. The first-order valence-corrected chi connectivity index (χ1v) is 7.98. The third-order valence-corrected chi connectivity index (χ3v) is 4.18. The van der Waals surface area contributed by atoms with Gasteiger partial charge >= 0.3 is 0 Å². The molecule has 0 unspecified atom stereocenters. The Kier molecular flexibility index (Phi) is 3.83. The first-order chi connectivity index (χ1) is 11.8. The van der Waals surface area contributed by atoms with Crippen molar-refractivity contribution in [3.8, 4) is 17.2 Å². The van der Waals surface area contributed by atoms with Gasteiger partial charge in [-0.25, -0.2) is 0 Å². The molecule has 1 heterocycles. The van der Waals surface area contributed by atoms with Gasteiger partial charge in [-0.15, -0.1) is 6.58 Å². The van der Waals surface area contributed by atoms with Gasteiger partial charge in [-0.3, -0.25) is 0 Å². The van der Waals surface area contributed by atoms with Gasteiger partial charge in [0, 0.05) is 11.6 Å². The van der Waals surface area contributed by atoms with E-state index in [0.717, 1.165) is 34.8 Å². The fraction of sp³-hybridized carbons (Fsp3) is 0.143. The van der Waals surface area contributed by atoms with Crippen LogP contribution in [0.25, 0.3) is 10.8 Å². The van der Waals surface area contributed by atoms with Gasteiger partial charge in [-0.1, -0.05) is 48.5 Å². The van der Waals surface area contributed by atoms with Gasteiger partial charge in [0.05, 0.1) is 0 Å². The predicted molar refractivity (Wildman–Crippen MR) is 94.7 cm³/mol. The van der Waals surface area contributed by atoms with Crippen molar-refractivity contribution < 1.29 is 14.2 Å². The Balaban J connectivity index is 1.64. The first kappa shape index (κ1) is 14.6. The topological polar surface area (TPSA) is 27.7 Å². The summed E-state index contributed by atoms with van der Waals surface area (Å²) in [4.78, 5) is 0. The molecule has 0 spiro atoms. The van der Waals surface area contributed by atoms with Crippen LogP contribution < -0.4 is 14.2 Å². The number of ether oxygens (including phenoxy) is 3. The Labute approximate surface area is 141 Å². The highest BCUT2D eigenvalue weighted by Crippen LogP contribution is 2.38. The molecule has 0 aromatic heterocycles. The van der Waals surface area contributed by atoms with Gasteiger partial charge in [0.25, 0.3) is 0 Å². The maximum Gasteiger partial charge on any atom is 0.231 e. The number of rotatable bonds is 5. The summed E-state index contributed by atoms with van der Waals surface area (Å²) in [7, 11) is 0. The van der Waals surface area contributed by atoms with Crippen LogP contribution in [0.2, 0.25) is 0 Å². The molecule has 3 aromatic rings. The highest BCUT2D eigenvalue weighted by Gasteiger charge is 2.17. The Morgan fingerprint density at radius 1 is 0.958 bits per heavy atom. The molecule has 24 heavy (non-hydrogen) atoms. The molecule has 3 heteroatoms. The van der Waals surface area contributed by atoms with Crippen LogP contribution in [0, 0.1) is 0 Å². The molecule has 120 valence electrons. The van der Waals surface area contributed by atoms with Crippen LogP contribution in [0.1, 0.15) is 11.1 Å². The van der Waals surface area contributed by atoms with E-state index in [2.05, 4.69) is 43.0 Å². The summed E-state index contributed by atoms with van der Waals surface area (Å²) in [5.74, 6) is 2.31. The van der Waals surface area contributed by atoms with E-state index in [9.17, 15) is 0 Å². The SMILES string of the molecule is C=CCc1cc2c(cc1OCc1cccc3ccccc13)OCO2. The lowest BCUT2D eigenvalue weighted by molar-refractivity contribution is 0.173. The average Bonchev–Trinajstić information content (AvgIpc) is 3.07. The van der Waals surface area contributed by atoms with E-state index in [1.807, 2.05) is 24.3 Å². The molecule has 0 fully saturated rings. The number of hydrogen-bond donors (Lipinski definition) is 0. The number of fused-ring (bicyclic) bond motifs is 2. The van der Waals surface area contributed by atoms with Crippen molar-refractivity contribution in [1.29, 1.82) is 0 Å². The van der Waals surface area contributed by atoms with E-state index < -0.39 is 0 Å². The maximum absolute atomic E-state index is 6.13. The normalized spacial score (nSPS) is 12.3. The molecule has 3 nitrogen and oxygen atoms in total. The van der Waals surface area contributed by atoms with Crippen LogP contribution in [-0.2, 0) is 13.0 Å². The van der Waals surface area contributed by atoms with Crippen molar-refractivity contribution in [2.75, 3.05) is 6.79 Å². The third-order valence-electron chi connectivity index (χ3n) is 4.18. The van der Waals surface area contributed by atoms with Gasteiger partial charge < -0.3 is 14.2 Å². The second kappa shape index (κ2) is 6.28. The highest BCUT2D eigenvalue weighted by atomic mass is 16.7. The molecule has 1 aliphatic rings. The van der Waals surface area contributed by atoms with E-state index in [4.69, 9.17) is 14.2 Å². The summed E-state index contributed by atoms with van der Waals surface area (Å²) >= 11 is 0. The summed E-state index contributed by atoms with van der Waals surface area (Å²) in [6.45, 7) is 4.59. The standard InChI is InChI=1S/C21H18O3/c1-2-6-16-11-20-21(24-14-23-20)12-19(16)22-13-17-9-5-8-15-7-3-4-10-18(15)17/h2-5,7-12H,1,6,13-14H2. The molecule has 0 saturated carbocycles. The minimum absolute atomic E-state index is 0.260. The Hall–Kier alpha value is -2.94. The zero-order valence-corrected chi connectivity index (χ0v) is 13.3. The fourth-order valence-corrected chi connectivity index (χ4v) is 2.99. The van der Waals surface area contributed by atoms with Crippen LogP contribution in [0.5, 0.6) is 17.2 Å². The molecule has 4 rings (SSSR count). The van der Waals surface area contributed by atoms with E-state index in [0.29, 0.717) is 6.61 Å². The quantitative estimate of drug-likeness (QED) is 0.628. The van der Waals surface area contributed by atoms with Crippen LogP contribution >= 0.6 is 0 Å². The van der Waals surface area contributed by atoms with Crippen LogP contribution in [0.4, 0.5) is 0 Å². The van der Waals surface area contributed by atoms with Crippen molar-refractivity contribution in [3.05, 3.63) is 78.4 Å². The summed E-state index contributed by atoms with van der Waals surface area (Å²) in [6.07, 6.45) is 2.59. The van der Waals surface area contributed by atoms with Crippen molar-refractivity contribution >= 4 is 10.8 Å². The molecule has 1 aliphatic heterocycles. The van der Waals surface area contributed by atoms with Gasteiger partial charge in [0.1, 0.15) is 12.4 Å². The molecular formula is C21H18O3. The summed E-state index contributed by atoms with van der Waals surface area (Å²) < 4.78 is 17.0. The maximum atomic E-state index is 6.13. The lowest BCUT2D eigenvalue weighted by Crippen LogP contribution is -1.99. The zero-order chi connectivity index (χ0) is 16.4. The Morgan fingerprint density at radius 3 is 2.62 bits per heavy atom. The van der Waals surface area contributed by atoms with E-state index in [1.54, 1.807) is 0 Å². The fourth-order valence-electron chi connectivity index (χ4n) is 2.99. The minimum Gasteiger partial charge on any atom is -0.488 e. The Morgan fingerprint density at radius 2 is 1.75 bits per heavy atom. The first-order valence-electron chi connectivity index (χ1n) is 7.98. The second-order valence-corrected chi connectivity index (χ2v) is 5.73. The van der Waals surface area contributed by atoms with Crippen molar-refractivity contribution in [2.24, 2.45) is 0 Å². The molecule has 0 aliphatic carbocycles. The molecule has 0 radical (unpaired) electrons. The molecule has 0 saturated heterocycles. The number of allylic oxidation sites excluding steroid dienone is 1.